The zero-order chi connectivity index (χ0) is 21.0. The highest BCUT2D eigenvalue weighted by molar-refractivity contribution is 5.82. The Morgan fingerprint density at radius 3 is 2.17 bits per heavy atom. The quantitative estimate of drug-likeness (QED) is 0.624. The number of carbonyl (C=O) groups is 2. The summed E-state index contributed by atoms with van der Waals surface area (Å²) in [4.78, 5) is 25.2. The molecule has 1 aromatic carbocycles. The third-order valence-corrected chi connectivity index (χ3v) is 4.99. The van der Waals surface area contributed by atoms with Crippen LogP contribution in [0.15, 0.2) is 24.3 Å². The van der Waals surface area contributed by atoms with Crippen molar-refractivity contribution in [1.82, 2.24) is 5.32 Å². The summed E-state index contributed by atoms with van der Waals surface area (Å²) in [5.41, 5.74) is 0.123. The molecule has 0 aliphatic heterocycles. The number of hydrogen-bond donors (Lipinski definition) is 1. The Morgan fingerprint density at radius 1 is 1.10 bits per heavy atom. The SMILES string of the molecule is CC(C)(C)OC(=O)N[C@H](Cc1ccc(OC[18F])cc1)C(=O)OC(C1CC1)C1CC1. The molecule has 0 heterocycles. The highest BCUT2D eigenvalue weighted by Gasteiger charge is 2.45. The molecular formula is C22H30FNO5. The van der Waals surface area contributed by atoms with Crippen molar-refractivity contribution in [2.24, 2.45) is 11.8 Å². The van der Waals surface area contributed by atoms with Gasteiger partial charge in [0, 0.05) is 6.42 Å². The molecule has 1 amide bonds. The van der Waals surface area contributed by atoms with E-state index in [0.29, 0.717) is 17.6 Å². The molecule has 1 atom stereocenters. The largest absolute Gasteiger partial charge is 0.463 e. The van der Waals surface area contributed by atoms with Gasteiger partial charge in [0.2, 0.25) is 6.86 Å². The molecule has 29 heavy (non-hydrogen) atoms. The van der Waals surface area contributed by atoms with E-state index >= 15 is 0 Å². The van der Waals surface area contributed by atoms with Crippen molar-refractivity contribution in [1.29, 1.82) is 0 Å². The Balaban J connectivity index is 1.67. The number of ether oxygens (including phenoxy) is 3. The molecule has 1 N–H and O–H groups in total. The fourth-order valence-electron chi connectivity index (χ4n) is 3.31. The molecule has 0 radical (unpaired) electrons. The number of amides is 1. The van der Waals surface area contributed by atoms with E-state index in [4.69, 9.17) is 14.2 Å². The minimum atomic E-state index is -0.905. The second-order valence-electron chi connectivity index (χ2n) is 8.88. The van der Waals surface area contributed by atoms with Gasteiger partial charge in [-0.25, -0.2) is 14.0 Å². The third-order valence-electron chi connectivity index (χ3n) is 4.99. The summed E-state index contributed by atoms with van der Waals surface area (Å²) in [7, 11) is 0. The maximum Gasteiger partial charge on any atom is 0.408 e. The second-order valence-corrected chi connectivity index (χ2v) is 8.88. The first-order valence-electron chi connectivity index (χ1n) is 10.2. The van der Waals surface area contributed by atoms with Gasteiger partial charge in [-0.1, -0.05) is 12.1 Å². The number of benzene rings is 1. The lowest BCUT2D eigenvalue weighted by Crippen LogP contribution is -2.46. The van der Waals surface area contributed by atoms with Crippen molar-refractivity contribution < 1.29 is 28.2 Å². The molecule has 160 valence electrons. The predicted molar refractivity (Wildman–Crippen MR) is 105 cm³/mol. The molecule has 2 fully saturated rings. The summed E-state index contributed by atoms with van der Waals surface area (Å²) in [6.45, 7) is 4.39. The van der Waals surface area contributed by atoms with E-state index in [0.717, 1.165) is 31.2 Å². The van der Waals surface area contributed by atoms with Crippen LogP contribution in [0.3, 0.4) is 0 Å². The predicted octanol–water partition coefficient (Wildman–Crippen LogP) is 4.16. The van der Waals surface area contributed by atoms with Crippen LogP contribution in [0.2, 0.25) is 0 Å². The summed E-state index contributed by atoms with van der Waals surface area (Å²) in [6, 6.07) is 5.87. The number of nitrogens with one attached hydrogen (secondary N) is 1. The highest BCUT2D eigenvalue weighted by atomic mass is 18.2. The monoisotopic (exact) mass is 406 g/mol. The van der Waals surface area contributed by atoms with E-state index in [2.05, 4.69) is 5.32 Å². The Hall–Kier alpha value is -2.31. The summed E-state index contributed by atoms with van der Waals surface area (Å²) in [6.07, 6.45) is 3.90. The van der Waals surface area contributed by atoms with Crippen molar-refractivity contribution >= 4 is 12.1 Å². The number of hydrogen-bond acceptors (Lipinski definition) is 5. The molecular weight excluding hydrogens is 376 g/mol. The first-order valence-corrected chi connectivity index (χ1v) is 10.2. The summed E-state index contributed by atoms with van der Waals surface area (Å²) in [5.74, 6) is 0.860. The van der Waals surface area contributed by atoms with Crippen LogP contribution in [0.4, 0.5) is 9.18 Å². The Kier molecular flexibility index (Phi) is 6.65. The van der Waals surface area contributed by atoms with E-state index < -0.39 is 30.6 Å². The molecule has 0 unspecified atom stereocenters. The van der Waals surface area contributed by atoms with Crippen LogP contribution in [0.25, 0.3) is 0 Å². The number of alkyl carbamates (subject to hydrolysis) is 1. The summed E-state index contributed by atoms with van der Waals surface area (Å²) >= 11 is 0. The highest BCUT2D eigenvalue weighted by Crippen LogP contribution is 2.46. The topological polar surface area (TPSA) is 73.9 Å². The Labute approximate surface area is 171 Å². The van der Waals surface area contributed by atoms with Gasteiger partial charge in [0.15, 0.2) is 0 Å². The average molecular weight is 406 g/mol. The number of alkyl halides is 1. The summed E-state index contributed by atoms with van der Waals surface area (Å²) < 4.78 is 28.2. The van der Waals surface area contributed by atoms with E-state index in [1.54, 1.807) is 45.0 Å². The van der Waals surface area contributed by atoms with Gasteiger partial charge in [-0.2, -0.15) is 0 Å². The Bertz CT molecular complexity index is 695. The number of rotatable bonds is 9. The van der Waals surface area contributed by atoms with Crippen LogP contribution in [0.5, 0.6) is 5.75 Å². The number of halogens is 1. The van der Waals surface area contributed by atoms with Crippen molar-refractivity contribution in [3.05, 3.63) is 29.8 Å². The summed E-state index contributed by atoms with van der Waals surface area (Å²) in [5, 5.41) is 2.66. The molecule has 0 spiro atoms. The molecule has 2 aliphatic carbocycles. The normalized spacial score (nSPS) is 17.6. The maximum absolute atomic E-state index is 12.9. The fraction of sp³-hybridized carbons (Fsp3) is 0.636. The second kappa shape index (κ2) is 9.01. The molecule has 3 rings (SSSR count). The first-order chi connectivity index (χ1) is 13.7. The van der Waals surface area contributed by atoms with Crippen molar-refractivity contribution in [3.8, 4) is 5.75 Å². The minimum absolute atomic E-state index is 0.0502. The van der Waals surface area contributed by atoms with Crippen molar-refractivity contribution in [2.45, 2.75) is 70.6 Å². The fourth-order valence-corrected chi connectivity index (χ4v) is 3.31. The van der Waals surface area contributed by atoms with Crippen LogP contribution in [-0.4, -0.2) is 36.7 Å². The molecule has 0 aromatic heterocycles. The molecule has 2 saturated carbocycles. The van der Waals surface area contributed by atoms with Crippen LogP contribution >= 0.6 is 0 Å². The van der Waals surface area contributed by atoms with Crippen LogP contribution < -0.4 is 10.1 Å². The smallest absolute Gasteiger partial charge is 0.408 e. The van der Waals surface area contributed by atoms with Crippen LogP contribution in [-0.2, 0) is 20.7 Å². The lowest BCUT2D eigenvalue weighted by Gasteiger charge is -2.25. The van der Waals surface area contributed by atoms with Gasteiger partial charge >= 0.3 is 12.1 Å². The number of carbonyl (C=O) groups excluding carboxylic acids is 2. The zero-order valence-corrected chi connectivity index (χ0v) is 17.3. The van der Waals surface area contributed by atoms with Gasteiger partial charge in [-0.05, 0) is 76.0 Å². The minimum Gasteiger partial charge on any atom is -0.463 e. The van der Waals surface area contributed by atoms with Crippen LogP contribution in [0, 0.1) is 11.8 Å². The van der Waals surface area contributed by atoms with Gasteiger partial charge in [-0.3, -0.25) is 0 Å². The molecule has 7 heteroatoms. The lowest BCUT2D eigenvalue weighted by atomic mass is 10.1. The average Bonchev–Trinajstić information content (AvgIpc) is 3.53. The van der Waals surface area contributed by atoms with Gasteiger partial charge in [0.05, 0.1) is 0 Å². The van der Waals surface area contributed by atoms with E-state index in [1.165, 1.54) is 0 Å². The first kappa shape index (κ1) is 21.4. The molecule has 1 aromatic rings. The van der Waals surface area contributed by atoms with Gasteiger partial charge in [0.1, 0.15) is 23.5 Å². The maximum atomic E-state index is 12.9. The molecule has 0 bridgehead atoms. The molecule has 0 saturated heterocycles. The van der Waals surface area contributed by atoms with Crippen molar-refractivity contribution in [2.75, 3.05) is 6.86 Å². The van der Waals surface area contributed by atoms with Crippen LogP contribution in [0.1, 0.15) is 52.0 Å². The van der Waals surface area contributed by atoms with Crippen molar-refractivity contribution in [3.63, 3.8) is 0 Å². The molecule has 6 nitrogen and oxygen atoms in total. The third kappa shape index (κ3) is 6.91. The van der Waals surface area contributed by atoms with E-state index in [-0.39, 0.29) is 12.5 Å². The Morgan fingerprint density at radius 2 is 1.69 bits per heavy atom. The molecule has 2 aliphatic rings. The number of esters is 1. The van der Waals surface area contributed by atoms with E-state index in [1.807, 2.05) is 0 Å². The van der Waals surface area contributed by atoms with Gasteiger partial charge in [-0.15, -0.1) is 0 Å². The zero-order valence-electron chi connectivity index (χ0n) is 17.3. The standard InChI is InChI=1S/C22H30FNO5/c1-22(2,3)29-21(26)24-18(12-14-4-10-17(11-5-14)27-13-23)20(25)28-19(15-6-7-15)16-8-9-16/h4-5,10-11,15-16,18-19H,6-9,12-13H2,1-3H3,(H,24,26)/t18-/m1/s1/i23-1. The van der Waals surface area contributed by atoms with E-state index in [9.17, 15) is 14.0 Å². The lowest BCUT2D eigenvalue weighted by molar-refractivity contribution is -0.154. The van der Waals surface area contributed by atoms with Gasteiger partial charge < -0.3 is 19.5 Å². The van der Waals surface area contributed by atoms with Gasteiger partial charge in [0.25, 0.3) is 0 Å².